The van der Waals surface area contributed by atoms with Gasteiger partial charge in [0.25, 0.3) is 5.91 Å². The molecular weight excluding hydrogens is 479 g/mol. The van der Waals surface area contributed by atoms with Crippen LogP contribution in [0.4, 0.5) is 18.3 Å². The van der Waals surface area contributed by atoms with Crippen LogP contribution in [0.2, 0.25) is 0 Å². The SMILES string of the molecule is COc1ccc(OC)c2sc(N(CCCN(C)C)C(=O)c3ccc(C(F)(F)F)cc3)nc12.Cl. The number of methoxy groups -OCH3 is 2. The number of fused-ring (bicyclic) bond motifs is 1. The third-order valence-corrected chi connectivity index (χ3v) is 5.91. The van der Waals surface area contributed by atoms with Crippen LogP contribution in [0.25, 0.3) is 10.2 Å². The number of hydrogen-bond donors (Lipinski definition) is 0. The number of benzene rings is 2. The van der Waals surface area contributed by atoms with Crippen molar-refractivity contribution in [2.45, 2.75) is 12.6 Å². The topological polar surface area (TPSA) is 54.9 Å². The Balaban J connectivity index is 0.00000385. The average molecular weight is 504 g/mol. The van der Waals surface area contributed by atoms with E-state index >= 15 is 0 Å². The molecule has 0 unspecified atom stereocenters. The minimum atomic E-state index is -4.47. The van der Waals surface area contributed by atoms with Gasteiger partial charge in [-0.25, -0.2) is 4.98 Å². The highest BCUT2D eigenvalue weighted by Gasteiger charge is 2.31. The average Bonchev–Trinajstić information content (AvgIpc) is 3.20. The summed E-state index contributed by atoms with van der Waals surface area (Å²) in [5.74, 6) is 0.716. The van der Waals surface area contributed by atoms with E-state index in [2.05, 4.69) is 4.98 Å². The van der Waals surface area contributed by atoms with Gasteiger partial charge in [-0.1, -0.05) is 11.3 Å². The molecule has 0 bridgehead atoms. The molecule has 0 aliphatic carbocycles. The molecular formula is C22H25ClF3N3O3S. The number of nitrogens with zero attached hydrogens (tertiary/aromatic N) is 3. The minimum Gasteiger partial charge on any atom is -0.495 e. The lowest BCUT2D eigenvalue weighted by Crippen LogP contribution is -2.33. The summed E-state index contributed by atoms with van der Waals surface area (Å²) in [6, 6.07) is 7.71. The van der Waals surface area contributed by atoms with E-state index in [0.717, 1.165) is 23.4 Å². The van der Waals surface area contributed by atoms with Crippen LogP contribution in [0.15, 0.2) is 36.4 Å². The predicted octanol–water partition coefficient (Wildman–Crippen LogP) is 5.35. The number of thiazole rings is 1. The summed E-state index contributed by atoms with van der Waals surface area (Å²) in [6.45, 7) is 1.08. The van der Waals surface area contributed by atoms with Crippen LogP contribution in [-0.2, 0) is 6.18 Å². The van der Waals surface area contributed by atoms with Gasteiger partial charge >= 0.3 is 6.18 Å². The number of ether oxygens (including phenoxy) is 2. The van der Waals surface area contributed by atoms with Crippen molar-refractivity contribution < 1.29 is 27.4 Å². The maximum atomic E-state index is 13.3. The zero-order valence-corrected chi connectivity index (χ0v) is 20.2. The lowest BCUT2D eigenvalue weighted by atomic mass is 10.1. The quantitative estimate of drug-likeness (QED) is 0.414. The number of aromatic nitrogens is 1. The van der Waals surface area contributed by atoms with Gasteiger partial charge in [-0.3, -0.25) is 9.69 Å². The van der Waals surface area contributed by atoms with Gasteiger partial charge < -0.3 is 14.4 Å². The van der Waals surface area contributed by atoms with E-state index in [1.807, 2.05) is 19.0 Å². The van der Waals surface area contributed by atoms with Gasteiger partial charge in [0.15, 0.2) is 5.13 Å². The molecule has 0 atom stereocenters. The van der Waals surface area contributed by atoms with Gasteiger partial charge in [0.1, 0.15) is 21.7 Å². The molecule has 180 valence electrons. The molecule has 3 rings (SSSR count). The Kier molecular flexibility index (Phi) is 8.93. The number of rotatable bonds is 8. The molecule has 1 heterocycles. The molecule has 6 nitrogen and oxygen atoms in total. The Morgan fingerprint density at radius 1 is 1.00 bits per heavy atom. The number of amides is 1. The van der Waals surface area contributed by atoms with E-state index in [-0.39, 0.29) is 18.0 Å². The third-order valence-electron chi connectivity index (χ3n) is 4.82. The standard InChI is InChI=1S/C22H24F3N3O3S.ClH/c1-27(2)12-5-13-28(20(29)14-6-8-15(9-7-14)22(23,24)25)21-26-18-16(30-3)10-11-17(31-4)19(18)32-21;/h6-11H,5,12-13H2,1-4H3;1H. The van der Waals surface area contributed by atoms with E-state index in [0.29, 0.717) is 35.1 Å². The van der Waals surface area contributed by atoms with Crippen LogP contribution in [-0.4, -0.2) is 57.2 Å². The van der Waals surface area contributed by atoms with Crippen molar-refractivity contribution in [1.82, 2.24) is 9.88 Å². The zero-order valence-electron chi connectivity index (χ0n) is 18.6. The normalized spacial score (nSPS) is 11.4. The number of halogens is 4. The van der Waals surface area contributed by atoms with Crippen molar-refractivity contribution in [3.8, 4) is 11.5 Å². The maximum Gasteiger partial charge on any atom is 0.416 e. The molecule has 33 heavy (non-hydrogen) atoms. The smallest absolute Gasteiger partial charge is 0.416 e. The summed E-state index contributed by atoms with van der Waals surface area (Å²) in [6.07, 6.45) is -3.81. The largest absolute Gasteiger partial charge is 0.495 e. The fraction of sp³-hybridized carbons (Fsp3) is 0.364. The monoisotopic (exact) mass is 503 g/mol. The van der Waals surface area contributed by atoms with Crippen molar-refractivity contribution in [2.75, 3.05) is 46.3 Å². The number of hydrogen-bond acceptors (Lipinski definition) is 6. The second-order valence-electron chi connectivity index (χ2n) is 7.33. The Morgan fingerprint density at radius 3 is 2.15 bits per heavy atom. The summed E-state index contributed by atoms with van der Waals surface area (Å²) in [5, 5.41) is 0.423. The molecule has 2 aromatic carbocycles. The van der Waals surface area contributed by atoms with Crippen LogP contribution < -0.4 is 14.4 Å². The van der Waals surface area contributed by atoms with Gasteiger partial charge in [-0.15, -0.1) is 12.4 Å². The lowest BCUT2D eigenvalue weighted by molar-refractivity contribution is -0.137. The van der Waals surface area contributed by atoms with Crippen molar-refractivity contribution >= 4 is 45.0 Å². The molecule has 0 spiro atoms. The minimum absolute atomic E-state index is 0. The molecule has 0 fully saturated rings. The van der Waals surface area contributed by atoms with E-state index in [4.69, 9.17) is 9.47 Å². The molecule has 0 aliphatic heterocycles. The fourth-order valence-electron chi connectivity index (χ4n) is 3.18. The molecule has 1 aromatic heterocycles. The highest BCUT2D eigenvalue weighted by atomic mass is 35.5. The number of carbonyl (C=O) groups is 1. The third kappa shape index (κ3) is 6.07. The molecule has 1 amide bonds. The Bertz CT molecular complexity index is 1050. The van der Waals surface area contributed by atoms with E-state index in [9.17, 15) is 18.0 Å². The molecule has 0 saturated heterocycles. The van der Waals surface area contributed by atoms with Crippen LogP contribution >= 0.6 is 23.7 Å². The van der Waals surface area contributed by atoms with Crippen molar-refractivity contribution in [3.05, 3.63) is 47.5 Å². The molecule has 0 saturated carbocycles. The molecule has 0 N–H and O–H groups in total. The Morgan fingerprint density at radius 2 is 1.61 bits per heavy atom. The van der Waals surface area contributed by atoms with Crippen molar-refractivity contribution in [1.29, 1.82) is 0 Å². The first kappa shape index (κ1) is 26.7. The van der Waals surface area contributed by atoms with Gasteiger partial charge in [-0.2, -0.15) is 13.2 Å². The first-order chi connectivity index (χ1) is 15.2. The second-order valence-corrected chi connectivity index (χ2v) is 8.31. The van der Waals surface area contributed by atoms with Crippen LogP contribution in [0.1, 0.15) is 22.3 Å². The lowest BCUT2D eigenvalue weighted by Gasteiger charge is -2.21. The summed E-state index contributed by atoms with van der Waals surface area (Å²) in [5.41, 5.74) is -0.0895. The number of anilines is 1. The predicted molar refractivity (Wildman–Crippen MR) is 126 cm³/mol. The number of alkyl halides is 3. The van der Waals surface area contributed by atoms with Crippen molar-refractivity contribution in [3.63, 3.8) is 0 Å². The van der Waals surface area contributed by atoms with E-state index < -0.39 is 17.6 Å². The second kappa shape index (κ2) is 11.0. The molecule has 0 aliphatic rings. The molecule has 0 radical (unpaired) electrons. The van der Waals surface area contributed by atoms with Crippen LogP contribution in [0, 0.1) is 0 Å². The van der Waals surface area contributed by atoms with E-state index in [1.54, 1.807) is 19.2 Å². The highest BCUT2D eigenvalue weighted by molar-refractivity contribution is 7.22. The Hall–Kier alpha value is -2.56. The summed E-state index contributed by atoms with van der Waals surface area (Å²) in [7, 11) is 6.93. The molecule has 11 heteroatoms. The first-order valence-corrected chi connectivity index (χ1v) is 10.6. The number of carbonyl (C=O) groups excluding carboxylic acids is 1. The van der Waals surface area contributed by atoms with Gasteiger partial charge in [0, 0.05) is 12.1 Å². The summed E-state index contributed by atoms with van der Waals surface area (Å²) < 4.78 is 50.3. The van der Waals surface area contributed by atoms with Gasteiger partial charge in [0.2, 0.25) is 0 Å². The zero-order chi connectivity index (χ0) is 23.5. The van der Waals surface area contributed by atoms with Gasteiger partial charge in [0.05, 0.1) is 19.8 Å². The first-order valence-electron chi connectivity index (χ1n) is 9.81. The van der Waals surface area contributed by atoms with Gasteiger partial charge in [-0.05, 0) is 63.5 Å². The summed E-state index contributed by atoms with van der Waals surface area (Å²) in [4.78, 5) is 21.4. The van der Waals surface area contributed by atoms with Crippen molar-refractivity contribution in [2.24, 2.45) is 0 Å². The van der Waals surface area contributed by atoms with E-state index in [1.165, 1.54) is 35.5 Å². The maximum absolute atomic E-state index is 13.3. The fourth-order valence-corrected chi connectivity index (χ4v) is 4.28. The Labute approximate surface area is 200 Å². The van der Waals surface area contributed by atoms with Crippen LogP contribution in [0.3, 0.4) is 0 Å². The highest BCUT2D eigenvalue weighted by Crippen LogP contribution is 2.40. The summed E-state index contributed by atoms with van der Waals surface area (Å²) >= 11 is 1.27. The van der Waals surface area contributed by atoms with Crippen LogP contribution in [0.5, 0.6) is 11.5 Å². The molecule has 3 aromatic rings.